The van der Waals surface area contributed by atoms with Crippen molar-refractivity contribution < 1.29 is 14.3 Å². The Morgan fingerprint density at radius 1 is 1.00 bits per heavy atom. The lowest BCUT2D eigenvalue weighted by Gasteiger charge is -2.04. The maximum atomic E-state index is 12.4. The molecule has 0 radical (unpaired) electrons. The topological polar surface area (TPSA) is 85.2 Å². The van der Waals surface area contributed by atoms with Gasteiger partial charge >= 0.3 is 0 Å². The first kappa shape index (κ1) is 19.7. The molecule has 3 rings (SSSR count). The average Bonchev–Trinajstić information content (AvgIpc) is 3.12. The number of rotatable bonds is 10. The molecule has 3 aromatic rings. The highest BCUT2D eigenvalue weighted by Gasteiger charge is 2.11. The van der Waals surface area contributed by atoms with Gasteiger partial charge < -0.3 is 15.5 Å². The number of fused-ring (bicyclic) bond motifs is 1. The smallest absolute Gasteiger partial charge is 0.179 e. The van der Waals surface area contributed by atoms with Crippen LogP contribution in [0.2, 0.25) is 0 Å². The first-order valence-electron chi connectivity index (χ1n) is 9.62. The van der Waals surface area contributed by atoms with E-state index in [2.05, 4.69) is 4.98 Å². The molecule has 3 N–H and O–H groups in total. The summed E-state index contributed by atoms with van der Waals surface area (Å²) < 4.78 is 5.21. The summed E-state index contributed by atoms with van der Waals surface area (Å²) in [5.74, 6) is 1.06. The van der Waals surface area contributed by atoms with Crippen LogP contribution in [0.25, 0.3) is 10.9 Å². The zero-order valence-electron chi connectivity index (χ0n) is 16.2. The molecule has 28 heavy (non-hydrogen) atoms. The van der Waals surface area contributed by atoms with E-state index in [4.69, 9.17) is 10.5 Å². The van der Waals surface area contributed by atoms with Crippen LogP contribution in [0.1, 0.15) is 48.2 Å². The number of nitrogen functional groups attached to an aromatic ring is 1. The summed E-state index contributed by atoms with van der Waals surface area (Å²) in [6.45, 7) is 0. The predicted molar refractivity (Wildman–Crippen MR) is 112 cm³/mol. The molecule has 146 valence electrons. The minimum absolute atomic E-state index is 0.0959. The van der Waals surface area contributed by atoms with E-state index in [1.807, 2.05) is 48.5 Å². The highest BCUT2D eigenvalue weighted by atomic mass is 16.5. The van der Waals surface area contributed by atoms with E-state index in [1.54, 1.807) is 7.11 Å². The number of hydrogen-bond acceptors (Lipinski definition) is 4. The van der Waals surface area contributed by atoms with Crippen LogP contribution in [0.15, 0.2) is 48.5 Å². The third kappa shape index (κ3) is 5.00. The van der Waals surface area contributed by atoms with Gasteiger partial charge in [-0.1, -0.05) is 24.6 Å². The van der Waals surface area contributed by atoms with Crippen LogP contribution in [0.5, 0.6) is 5.75 Å². The van der Waals surface area contributed by atoms with Gasteiger partial charge in [-0.05, 0) is 48.7 Å². The Kier molecular flexibility index (Phi) is 6.48. The fourth-order valence-electron chi connectivity index (χ4n) is 3.30. The molecular formula is C23H26N2O3. The number of hydrogen-bond donors (Lipinski definition) is 2. The number of para-hydroxylation sites is 1. The van der Waals surface area contributed by atoms with Gasteiger partial charge in [0, 0.05) is 35.9 Å². The minimum Gasteiger partial charge on any atom is -0.497 e. The van der Waals surface area contributed by atoms with E-state index >= 15 is 0 Å². The lowest BCUT2D eigenvalue weighted by Crippen LogP contribution is -2.05. The highest BCUT2D eigenvalue weighted by molar-refractivity contribution is 5.99. The lowest BCUT2D eigenvalue weighted by atomic mass is 10.0. The molecule has 0 atom stereocenters. The Bertz CT molecular complexity index is 975. The molecule has 0 aliphatic carbocycles. The molecule has 0 amide bonds. The minimum atomic E-state index is 0.0959. The predicted octanol–water partition coefficient (Wildman–Crippen LogP) is 4.70. The number of Topliss-reactive ketones (excluding diaryl/α,β-unsaturated/α-hetero) is 2. The summed E-state index contributed by atoms with van der Waals surface area (Å²) in [6, 6.07) is 15.0. The van der Waals surface area contributed by atoms with Crippen LogP contribution in [0.4, 0.5) is 5.69 Å². The van der Waals surface area contributed by atoms with E-state index in [-0.39, 0.29) is 11.6 Å². The Labute approximate surface area is 164 Å². The molecule has 0 unspecified atom stereocenters. The van der Waals surface area contributed by atoms with Gasteiger partial charge in [0.1, 0.15) is 11.5 Å². The Morgan fingerprint density at radius 3 is 2.57 bits per heavy atom. The van der Waals surface area contributed by atoms with Gasteiger partial charge in [-0.25, -0.2) is 0 Å². The first-order valence-corrected chi connectivity index (χ1v) is 9.62. The molecule has 0 aliphatic rings. The van der Waals surface area contributed by atoms with Gasteiger partial charge in [0.25, 0.3) is 0 Å². The standard InChI is InChI=1S/C23H26N2O3/c1-28-19-11-12-21-17(14-19)15-22(25-21)23(27)10-4-2-3-8-18(26)13-16-7-5-6-9-20(16)24/h5-7,9,11-12,14-15,25H,2-4,8,10,13,24H2,1H3. The Balaban J connectivity index is 1.41. The quantitative estimate of drug-likeness (QED) is 0.304. The van der Waals surface area contributed by atoms with Crippen LogP contribution < -0.4 is 10.5 Å². The zero-order valence-corrected chi connectivity index (χ0v) is 16.2. The van der Waals surface area contributed by atoms with Crippen molar-refractivity contribution in [1.29, 1.82) is 0 Å². The van der Waals surface area contributed by atoms with Gasteiger partial charge in [-0.15, -0.1) is 0 Å². The molecule has 2 aromatic carbocycles. The van der Waals surface area contributed by atoms with Crippen molar-refractivity contribution >= 4 is 28.2 Å². The van der Waals surface area contributed by atoms with E-state index < -0.39 is 0 Å². The van der Waals surface area contributed by atoms with Crippen LogP contribution in [-0.4, -0.2) is 23.7 Å². The first-order chi connectivity index (χ1) is 13.6. The number of ether oxygens (including phenoxy) is 1. The maximum Gasteiger partial charge on any atom is 0.179 e. The third-order valence-corrected chi connectivity index (χ3v) is 4.93. The van der Waals surface area contributed by atoms with Gasteiger partial charge in [0.05, 0.1) is 12.8 Å². The highest BCUT2D eigenvalue weighted by Crippen LogP contribution is 2.22. The van der Waals surface area contributed by atoms with Gasteiger partial charge in [0.2, 0.25) is 0 Å². The second-order valence-corrected chi connectivity index (χ2v) is 7.03. The average molecular weight is 378 g/mol. The molecule has 0 saturated heterocycles. The molecule has 5 heteroatoms. The van der Waals surface area contributed by atoms with Crippen LogP contribution in [0.3, 0.4) is 0 Å². The van der Waals surface area contributed by atoms with Crippen LogP contribution >= 0.6 is 0 Å². The summed E-state index contributed by atoms with van der Waals surface area (Å²) in [7, 11) is 1.62. The molecule has 0 bridgehead atoms. The van der Waals surface area contributed by atoms with Crippen LogP contribution in [0, 0.1) is 0 Å². The number of unbranched alkanes of at least 4 members (excludes halogenated alkanes) is 2. The normalized spacial score (nSPS) is 10.9. The molecule has 0 spiro atoms. The second-order valence-electron chi connectivity index (χ2n) is 7.03. The maximum absolute atomic E-state index is 12.4. The fraction of sp³-hybridized carbons (Fsp3) is 0.304. The molecule has 1 aromatic heterocycles. The summed E-state index contributed by atoms with van der Waals surface area (Å²) in [5, 5.41) is 0.966. The number of aromatic amines is 1. The summed E-state index contributed by atoms with van der Waals surface area (Å²) in [6.07, 6.45) is 3.81. The third-order valence-electron chi connectivity index (χ3n) is 4.93. The summed E-state index contributed by atoms with van der Waals surface area (Å²) >= 11 is 0. The van der Waals surface area contributed by atoms with Crippen molar-refractivity contribution in [3.8, 4) is 5.75 Å². The van der Waals surface area contributed by atoms with Gasteiger partial charge in [-0.3, -0.25) is 9.59 Å². The van der Waals surface area contributed by atoms with Gasteiger partial charge in [-0.2, -0.15) is 0 Å². The lowest BCUT2D eigenvalue weighted by molar-refractivity contribution is -0.118. The number of nitrogens with one attached hydrogen (secondary N) is 1. The molecular weight excluding hydrogens is 352 g/mol. The fourth-order valence-corrected chi connectivity index (χ4v) is 3.30. The summed E-state index contributed by atoms with van der Waals surface area (Å²) in [5.41, 5.74) is 8.98. The number of aromatic nitrogens is 1. The van der Waals surface area contributed by atoms with Crippen molar-refractivity contribution in [3.63, 3.8) is 0 Å². The molecule has 1 heterocycles. The largest absolute Gasteiger partial charge is 0.497 e. The number of ketones is 2. The van der Waals surface area contributed by atoms with Crippen molar-refractivity contribution in [2.75, 3.05) is 12.8 Å². The molecule has 0 aliphatic heterocycles. The summed E-state index contributed by atoms with van der Waals surface area (Å²) in [4.78, 5) is 27.7. The van der Waals surface area contributed by atoms with Crippen molar-refractivity contribution in [2.24, 2.45) is 0 Å². The SMILES string of the molecule is COc1ccc2[nH]c(C(=O)CCCCCC(=O)Cc3ccccc3N)cc2c1. The molecule has 0 fully saturated rings. The van der Waals surface area contributed by atoms with Crippen molar-refractivity contribution in [3.05, 3.63) is 59.8 Å². The van der Waals surface area contributed by atoms with E-state index in [0.717, 1.165) is 41.5 Å². The second kappa shape index (κ2) is 9.22. The number of nitrogens with two attached hydrogens (primary N) is 1. The number of H-pyrrole nitrogens is 1. The Morgan fingerprint density at radius 2 is 1.79 bits per heavy atom. The number of anilines is 1. The van der Waals surface area contributed by atoms with E-state index in [1.165, 1.54) is 0 Å². The van der Waals surface area contributed by atoms with Gasteiger partial charge in [0.15, 0.2) is 5.78 Å². The number of carbonyl (C=O) groups is 2. The van der Waals surface area contributed by atoms with Crippen LogP contribution in [-0.2, 0) is 11.2 Å². The van der Waals surface area contributed by atoms with Crippen molar-refractivity contribution in [1.82, 2.24) is 4.98 Å². The number of carbonyl (C=O) groups excluding carboxylic acids is 2. The number of methoxy groups -OCH3 is 1. The zero-order chi connectivity index (χ0) is 19.9. The van der Waals surface area contributed by atoms with E-state index in [9.17, 15) is 9.59 Å². The Hall–Kier alpha value is -3.08. The molecule has 0 saturated carbocycles. The van der Waals surface area contributed by atoms with E-state index in [0.29, 0.717) is 30.6 Å². The van der Waals surface area contributed by atoms with Crippen molar-refractivity contribution in [2.45, 2.75) is 38.5 Å². The molecule has 5 nitrogen and oxygen atoms in total. The monoisotopic (exact) mass is 378 g/mol. The number of benzene rings is 2.